The van der Waals surface area contributed by atoms with E-state index in [0.29, 0.717) is 17.8 Å². The summed E-state index contributed by atoms with van der Waals surface area (Å²) in [5.74, 6) is -0.161. The second-order valence-electron chi connectivity index (χ2n) is 7.61. The van der Waals surface area contributed by atoms with Gasteiger partial charge in [-0.15, -0.1) is 0 Å². The van der Waals surface area contributed by atoms with Crippen LogP contribution in [0.2, 0.25) is 0 Å². The van der Waals surface area contributed by atoms with Gasteiger partial charge in [0, 0.05) is 29.8 Å². The number of anilines is 1. The normalized spacial score (nSPS) is 12.5. The molecule has 2 aromatic heterocycles. The zero-order valence-corrected chi connectivity index (χ0v) is 16.6. The minimum atomic E-state index is -0.161. The van der Waals surface area contributed by atoms with Gasteiger partial charge in [-0.25, -0.2) is 0 Å². The van der Waals surface area contributed by atoms with Gasteiger partial charge >= 0.3 is 0 Å². The lowest BCUT2D eigenvalue weighted by Gasteiger charge is -2.07. The van der Waals surface area contributed by atoms with Crippen molar-refractivity contribution >= 4 is 11.6 Å². The van der Waals surface area contributed by atoms with Crippen LogP contribution in [0.4, 0.5) is 5.69 Å². The number of pyridine rings is 1. The molecule has 0 fully saturated rings. The Hall–Kier alpha value is -3.73. The summed E-state index contributed by atoms with van der Waals surface area (Å²) in [6, 6.07) is 20.1. The first kappa shape index (κ1) is 18.3. The molecule has 1 aliphatic rings. The molecule has 30 heavy (non-hydrogen) atoms. The van der Waals surface area contributed by atoms with Gasteiger partial charge in [0.2, 0.25) is 0 Å². The predicted molar refractivity (Wildman–Crippen MR) is 117 cm³/mol. The van der Waals surface area contributed by atoms with Gasteiger partial charge in [0.25, 0.3) is 5.91 Å². The first-order valence-corrected chi connectivity index (χ1v) is 10.2. The summed E-state index contributed by atoms with van der Waals surface area (Å²) in [7, 11) is 0. The number of hydrogen-bond donors (Lipinski definition) is 1. The van der Waals surface area contributed by atoms with Gasteiger partial charge in [-0.05, 0) is 60.2 Å². The third-order valence-corrected chi connectivity index (χ3v) is 5.49. The highest BCUT2D eigenvalue weighted by Crippen LogP contribution is 2.27. The molecule has 0 aliphatic heterocycles. The van der Waals surface area contributed by atoms with E-state index in [-0.39, 0.29) is 5.91 Å². The molecule has 0 radical (unpaired) electrons. The molecule has 0 spiro atoms. The number of carbonyl (C=O) groups is 1. The summed E-state index contributed by atoms with van der Waals surface area (Å²) < 4.78 is 1.81. The van der Waals surface area contributed by atoms with E-state index in [2.05, 4.69) is 34.6 Å². The zero-order chi connectivity index (χ0) is 20.3. The molecule has 4 aromatic rings. The maximum absolute atomic E-state index is 13.2. The standard InChI is InChI=1S/C25H22N4O/c30-25(27-22-12-11-19-8-4-9-20(19)14-22)23-17-29(16-18-6-2-1-3-7-18)28-24(23)21-10-5-13-26-15-21/h1-3,5-7,10-15,17H,4,8-9,16H2,(H,27,30). The van der Waals surface area contributed by atoms with Crippen LogP contribution in [0.3, 0.4) is 0 Å². The van der Waals surface area contributed by atoms with E-state index in [1.54, 1.807) is 12.4 Å². The predicted octanol–water partition coefficient (Wildman–Crippen LogP) is 4.73. The molecule has 0 bridgehead atoms. The number of aryl methyl sites for hydroxylation is 2. The molecule has 0 atom stereocenters. The molecule has 2 heterocycles. The molecule has 5 heteroatoms. The fourth-order valence-electron chi connectivity index (χ4n) is 4.00. The number of benzene rings is 2. The minimum Gasteiger partial charge on any atom is -0.322 e. The second-order valence-corrected chi connectivity index (χ2v) is 7.61. The largest absolute Gasteiger partial charge is 0.322 e. The second kappa shape index (κ2) is 7.95. The fourth-order valence-corrected chi connectivity index (χ4v) is 4.00. The highest BCUT2D eigenvalue weighted by Gasteiger charge is 2.19. The fraction of sp³-hybridized carbons (Fsp3) is 0.160. The summed E-state index contributed by atoms with van der Waals surface area (Å²) in [5.41, 5.74) is 6.68. The number of fused-ring (bicyclic) bond motifs is 1. The molecular formula is C25H22N4O. The summed E-state index contributed by atoms with van der Waals surface area (Å²) >= 11 is 0. The third-order valence-electron chi connectivity index (χ3n) is 5.49. The van der Waals surface area contributed by atoms with E-state index >= 15 is 0 Å². The molecule has 1 aliphatic carbocycles. The van der Waals surface area contributed by atoms with E-state index in [0.717, 1.165) is 29.7 Å². The van der Waals surface area contributed by atoms with E-state index < -0.39 is 0 Å². The van der Waals surface area contributed by atoms with Crippen LogP contribution in [0.25, 0.3) is 11.3 Å². The summed E-state index contributed by atoms with van der Waals surface area (Å²) in [6.45, 7) is 0.597. The maximum atomic E-state index is 13.2. The Labute approximate surface area is 175 Å². The van der Waals surface area contributed by atoms with E-state index in [1.165, 1.54) is 17.5 Å². The Morgan fingerprint density at radius 3 is 2.70 bits per heavy atom. The lowest BCUT2D eigenvalue weighted by atomic mass is 10.1. The Morgan fingerprint density at radius 1 is 1.00 bits per heavy atom. The van der Waals surface area contributed by atoms with Gasteiger partial charge in [0.15, 0.2) is 0 Å². The number of hydrogen-bond acceptors (Lipinski definition) is 3. The van der Waals surface area contributed by atoms with Crippen LogP contribution < -0.4 is 5.32 Å². The molecule has 1 amide bonds. The van der Waals surface area contributed by atoms with Crippen LogP contribution in [0.15, 0.2) is 79.3 Å². The molecule has 5 rings (SSSR count). The van der Waals surface area contributed by atoms with Crippen molar-refractivity contribution in [3.8, 4) is 11.3 Å². The smallest absolute Gasteiger partial charge is 0.259 e. The van der Waals surface area contributed by atoms with Crippen molar-refractivity contribution in [3.63, 3.8) is 0 Å². The van der Waals surface area contributed by atoms with Crippen molar-refractivity contribution in [2.75, 3.05) is 5.32 Å². The molecule has 0 saturated carbocycles. The van der Waals surface area contributed by atoms with Crippen LogP contribution in [0, 0.1) is 0 Å². The van der Waals surface area contributed by atoms with Gasteiger partial charge in [-0.3, -0.25) is 14.5 Å². The SMILES string of the molecule is O=C(Nc1ccc2c(c1)CCC2)c1cn(Cc2ccccc2)nc1-c1cccnc1. The van der Waals surface area contributed by atoms with Crippen LogP contribution in [-0.4, -0.2) is 20.7 Å². The van der Waals surface area contributed by atoms with Crippen molar-refractivity contribution in [3.05, 3.63) is 102 Å². The number of carbonyl (C=O) groups excluding carboxylic acids is 1. The van der Waals surface area contributed by atoms with Crippen molar-refractivity contribution in [2.24, 2.45) is 0 Å². The average Bonchev–Trinajstić information content (AvgIpc) is 3.42. The third kappa shape index (κ3) is 3.74. The number of rotatable bonds is 5. The first-order chi connectivity index (χ1) is 14.8. The van der Waals surface area contributed by atoms with Gasteiger partial charge in [-0.2, -0.15) is 5.10 Å². The molecule has 0 saturated heterocycles. The van der Waals surface area contributed by atoms with E-state index in [4.69, 9.17) is 5.10 Å². The Morgan fingerprint density at radius 2 is 1.87 bits per heavy atom. The van der Waals surface area contributed by atoms with Gasteiger partial charge in [0.1, 0.15) is 5.69 Å². The lowest BCUT2D eigenvalue weighted by Crippen LogP contribution is -2.12. The lowest BCUT2D eigenvalue weighted by molar-refractivity contribution is 0.102. The number of aromatic nitrogens is 3. The van der Waals surface area contributed by atoms with Crippen molar-refractivity contribution in [1.82, 2.24) is 14.8 Å². The summed E-state index contributed by atoms with van der Waals surface area (Å²) in [5, 5.41) is 7.77. The first-order valence-electron chi connectivity index (χ1n) is 10.2. The summed E-state index contributed by atoms with van der Waals surface area (Å²) in [6.07, 6.45) is 8.66. The topological polar surface area (TPSA) is 59.8 Å². The highest BCUT2D eigenvalue weighted by molar-refractivity contribution is 6.08. The van der Waals surface area contributed by atoms with Crippen molar-refractivity contribution < 1.29 is 4.79 Å². The number of nitrogens with zero attached hydrogens (tertiary/aromatic N) is 3. The van der Waals surface area contributed by atoms with Gasteiger partial charge < -0.3 is 5.32 Å². The molecule has 148 valence electrons. The molecular weight excluding hydrogens is 372 g/mol. The quantitative estimate of drug-likeness (QED) is 0.532. The Kier molecular flexibility index (Phi) is 4.85. The van der Waals surface area contributed by atoms with Gasteiger partial charge in [0.05, 0.1) is 12.1 Å². The van der Waals surface area contributed by atoms with Crippen LogP contribution >= 0.6 is 0 Å². The van der Waals surface area contributed by atoms with Crippen LogP contribution in [0.1, 0.15) is 33.5 Å². The van der Waals surface area contributed by atoms with Gasteiger partial charge in [-0.1, -0.05) is 36.4 Å². The molecule has 5 nitrogen and oxygen atoms in total. The van der Waals surface area contributed by atoms with Crippen LogP contribution in [0.5, 0.6) is 0 Å². The van der Waals surface area contributed by atoms with Crippen LogP contribution in [-0.2, 0) is 19.4 Å². The number of amides is 1. The highest BCUT2D eigenvalue weighted by atomic mass is 16.1. The Bertz CT molecular complexity index is 1180. The van der Waals surface area contributed by atoms with Crippen molar-refractivity contribution in [1.29, 1.82) is 0 Å². The average molecular weight is 394 g/mol. The monoisotopic (exact) mass is 394 g/mol. The zero-order valence-electron chi connectivity index (χ0n) is 16.6. The Balaban J connectivity index is 1.47. The molecule has 2 aromatic carbocycles. The summed E-state index contributed by atoms with van der Waals surface area (Å²) in [4.78, 5) is 17.4. The van der Waals surface area contributed by atoms with E-state index in [9.17, 15) is 4.79 Å². The van der Waals surface area contributed by atoms with E-state index in [1.807, 2.05) is 47.3 Å². The molecule has 1 N–H and O–H groups in total. The maximum Gasteiger partial charge on any atom is 0.259 e. The number of nitrogens with one attached hydrogen (secondary N) is 1. The minimum absolute atomic E-state index is 0.161. The van der Waals surface area contributed by atoms with Crippen molar-refractivity contribution in [2.45, 2.75) is 25.8 Å². The molecule has 0 unspecified atom stereocenters.